The van der Waals surface area contributed by atoms with E-state index in [-0.39, 0.29) is 50.6 Å². The van der Waals surface area contributed by atoms with Crippen molar-refractivity contribution in [1.82, 2.24) is 29.6 Å². The lowest BCUT2D eigenvalue weighted by Crippen LogP contribution is -2.45. The molecule has 278 valence electrons. The molecule has 0 spiro atoms. The lowest BCUT2D eigenvalue weighted by Gasteiger charge is -2.33. The fraction of sp³-hybridized carbons (Fsp3) is 0.568. The third-order valence-corrected chi connectivity index (χ3v) is 10.2. The van der Waals surface area contributed by atoms with Gasteiger partial charge in [0.15, 0.2) is 5.03 Å². The van der Waals surface area contributed by atoms with Crippen molar-refractivity contribution in [2.24, 2.45) is 5.92 Å². The Morgan fingerprint density at radius 1 is 1.02 bits per heavy atom. The van der Waals surface area contributed by atoms with Crippen LogP contribution in [0.4, 0.5) is 10.6 Å². The Bertz CT molecular complexity index is 1860. The molecule has 3 aromatic rings. The monoisotopic (exact) mass is 741 g/mol. The predicted molar refractivity (Wildman–Crippen MR) is 198 cm³/mol. The Balaban J connectivity index is 1.57. The van der Waals surface area contributed by atoms with Crippen molar-refractivity contribution in [3.05, 3.63) is 70.5 Å². The molecule has 51 heavy (non-hydrogen) atoms. The van der Waals surface area contributed by atoms with Crippen LogP contribution in [-0.2, 0) is 25.6 Å². The largest absolute Gasteiger partial charge is 0.444 e. The van der Waals surface area contributed by atoms with Crippen molar-refractivity contribution in [3.63, 3.8) is 0 Å². The van der Waals surface area contributed by atoms with Gasteiger partial charge in [-0.1, -0.05) is 59.2 Å². The fourth-order valence-corrected chi connectivity index (χ4v) is 7.10. The minimum absolute atomic E-state index is 0.128. The van der Waals surface area contributed by atoms with Gasteiger partial charge in [-0.05, 0) is 95.0 Å². The molecule has 4 rings (SSSR count). The van der Waals surface area contributed by atoms with Gasteiger partial charge in [0.05, 0.1) is 17.3 Å². The SMILES string of the molecule is CC(C)(C)OC(=O)N1C[C@@H](CCC(Nc2cccc(S(=O)(=O)NC(=O)c3cnc(C(C)(C)C)nc3Cl)n2)c2cc(C(C)(C)C)ccn2)CC1(C)C. The third kappa shape index (κ3) is 10.4. The third-order valence-electron chi connectivity index (χ3n) is 8.65. The number of anilines is 1. The van der Waals surface area contributed by atoms with E-state index in [9.17, 15) is 18.0 Å². The van der Waals surface area contributed by atoms with Gasteiger partial charge in [0, 0.05) is 29.9 Å². The van der Waals surface area contributed by atoms with Crippen molar-refractivity contribution in [1.29, 1.82) is 0 Å². The number of aromatic nitrogens is 4. The van der Waals surface area contributed by atoms with Crippen LogP contribution in [0.15, 0.2) is 47.8 Å². The van der Waals surface area contributed by atoms with Crippen LogP contribution in [0.5, 0.6) is 0 Å². The van der Waals surface area contributed by atoms with E-state index in [0.717, 1.165) is 24.1 Å². The first kappa shape index (κ1) is 39.9. The second-order valence-electron chi connectivity index (χ2n) is 16.9. The summed E-state index contributed by atoms with van der Waals surface area (Å²) in [6.07, 6.45) is 4.85. The molecule has 0 bridgehead atoms. The molecular formula is C37H52ClN7O5S. The Morgan fingerprint density at radius 2 is 1.71 bits per heavy atom. The molecule has 2 atom stereocenters. The number of halogens is 1. The summed E-state index contributed by atoms with van der Waals surface area (Å²) in [6, 6.07) is 8.23. The summed E-state index contributed by atoms with van der Waals surface area (Å²) < 4.78 is 34.5. The first-order valence-electron chi connectivity index (χ1n) is 17.2. The number of pyridine rings is 2. The van der Waals surface area contributed by atoms with E-state index >= 15 is 0 Å². The number of carbonyl (C=O) groups is 2. The minimum atomic E-state index is -4.41. The number of likely N-dealkylation sites (tertiary alicyclic amines) is 1. The first-order valence-corrected chi connectivity index (χ1v) is 19.0. The molecular weight excluding hydrogens is 690 g/mol. The number of rotatable bonds is 9. The van der Waals surface area contributed by atoms with Crippen LogP contribution >= 0.6 is 11.6 Å². The van der Waals surface area contributed by atoms with Gasteiger partial charge < -0.3 is 15.0 Å². The van der Waals surface area contributed by atoms with E-state index in [1.165, 1.54) is 12.3 Å². The Morgan fingerprint density at radius 3 is 2.31 bits per heavy atom. The highest BCUT2D eigenvalue weighted by molar-refractivity contribution is 7.90. The maximum atomic E-state index is 13.4. The van der Waals surface area contributed by atoms with E-state index in [1.54, 1.807) is 18.3 Å². The molecule has 0 radical (unpaired) electrons. The van der Waals surface area contributed by atoms with Gasteiger partial charge in [-0.2, -0.15) is 8.42 Å². The highest BCUT2D eigenvalue weighted by Gasteiger charge is 2.43. The van der Waals surface area contributed by atoms with Crippen LogP contribution in [-0.4, -0.2) is 62.9 Å². The smallest absolute Gasteiger partial charge is 0.410 e. The topological polar surface area (TPSA) is 156 Å². The molecule has 12 nitrogen and oxygen atoms in total. The van der Waals surface area contributed by atoms with Crippen LogP contribution in [0.3, 0.4) is 0 Å². The molecule has 1 aliphatic rings. The summed E-state index contributed by atoms with van der Waals surface area (Å²) in [5, 5.41) is 2.90. The second kappa shape index (κ2) is 14.7. The Labute approximate surface area is 307 Å². The summed E-state index contributed by atoms with van der Waals surface area (Å²) in [5.74, 6) is -0.0647. The molecule has 1 aliphatic heterocycles. The van der Waals surface area contributed by atoms with Crippen LogP contribution < -0.4 is 10.0 Å². The molecule has 1 saturated heterocycles. The number of amides is 2. The zero-order valence-electron chi connectivity index (χ0n) is 31.6. The van der Waals surface area contributed by atoms with Gasteiger partial charge in [0.2, 0.25) is 0 Å². The number of carbonyl (C=O) groups excluding carboxylic acids is 2. The highest BCUT2D eigenvalue weighted by Crippen LogP contribution is 2.38. The van der Waals surface area contributed by atoms with Gasteiger partial charge in [0.1, 0.15) is 22.4 Å². The molecule has 0 aromatic carbocycles. The predicted octanol–water partition coefficient (Wildman–Crippen LogP) is 7.60. The number of hydrogen-bond acceptors (Lipinski definition) is 10. The molecule has 0 saturated carbocycles. The molecule has 1 unspecified atom stereocenters. The van der Waals surface area contributed by atoms with E-state index < -0.39 is 26.9 Å². The molecule has 0 aliphatic carbocycles. The quantitative estimate of drug-likeness (QED) is 0.209. The lowest BCUT2D eigenvalue weighted by atomic mass is 9.86. The van der Waals surface area contributed by atoms with Crippen LogP contribution in [0.2, 0.25) is 5.15 Å². The average Bonchev–Trinajstić information content (AvgIpc) is 3.31. The Kier molecular flexibility index (Phi) is 11.5. The van der Waals surface area contributed by atoms with E-state index in [0.29, 0.717) is 18.8 Å². The van der Waals surface area contributed by atoms with E-state index in [4.69, 9.17) is 21.3 Å². The van der Waals surface area contributed by atoms with Gasteiger partial charge in [0.25, 0.3) is 15.9 Å². The fourth-order valence-electron chi connectivity index (χ4n) is 5.95. The standard InChI is InChI=1S/C37H52ClN7O5S/c1-34(2,3)24-17-18-39-27(19-24)26(16-15-23-20-37(10,11)45(22-23)33(47)50-36(7,8)9)41-28-13-12-14-29(42-28)51(48,49)44-31(46)25-21-40-32(35(4,5)6)43-30(25)38/h12-14,17-19,21,23,26H,15-16,20,22H2,1-11H3,(H,41,42)(H,44,46)/t23-,26?/m0/s1. The average molecular weight is 742 g/mol. The molecule has 2 amide bonds. The normalized spacial score (nSPS) is 17.2. The Hall–Kier alpha value is -3.84. The molecule has 3 aromatic heterocycles. The summed E-state index contributed by atoms with van der Waals surface area (Å²) in [5.41, 5.74) is 0.186. The van der Waals surface area contributed by atoms with Crippen molar-refractivity contribution >= 4 is 39.4 Å². The minimum Gasteiger partial charge on any atom is -0.444 e. The van der Waals surface area contributed by atoms with Crippen molar-refractivity contribution in [3.8, 4) is 0 Å². The summed E-state index contributed by atoms with van der Waals surface area (Å²) in [6.45, 7) is 22.3. The van der Waals surface area contributed by atoms with Crippen molar-refractivity contribution in [2.45, 2.75) is 128 Å². The number of ether oxygens (including phenoxy) is 1. The number of nitrogens with one attached hydrogen (secondary N) is 2. The summed E-state index contributed by atoms with van der Waals surface area (Å²) in [7, 11) is -4.41. The zero-order valence-corrected chi connectivity index (χ0v) is 33.2. The van der Waals surface area contributed by atoms with Gasteiger partial charge in [-0.15, -0.1) is 0 Å². The summed E-state index contributed by atoms with van der Waals surface area (Å²) in [4.78, 5) is 45.4. The number of hydrogen-bond donors (Lipinski definition) is 2. The van der Waals surface area contributed by atoms with Gasteiger partial charge >= 0.3 is 6.09 Å². The summed E-state index contributed by atoms with van der Waals surface area (Å²) >= 11 is 6.26. The van der Waals surface area contributed by atoms with Crippen molar-refractivity contribution in [2.75, 3.05) is 11.9 Å². The maximum absolute atomic E-state index is 13.4. The molecule has 2 N–H and O–H groups in total. The van der Waals surface area contributed by atoms with E-state index in [1.807, 2.05) is 57.2 Å². The molecule has 1 fully saturated rings. The lowest BCUT2D eigenvalue weighted by molar-refractivity contribution is 0.0130. The van der Waals surface area contributed by atoms with Gasteiger partial charge in [-0.25, -0.2) is 24.5 Å². The zero-order chi connectivity index (χ0) is 38.2. The number of sulfonamides is 1. The molecule has 4 heterocycles. The number of nitrogens with zero attached hydrogens (tertiary/aromatic N) is 5. The highest BCUT2D eigenvalue weighted by atomic mass is 35.5. The second-order valence-corrected chi connectivity index (χ2v) is 18.9. The van der Waals surface area contributed by atoms with Gasteiger partial charge in [-0.3, -0.25) is 9.78 Å². The van der Waals surface area contributed by atoms with Crippen LogP contribution in [0.25, 0.3) is 0 Å². The maximum Gasteiger partial charge on any atom is 0.410 e. The molecule has 14 heteroatoms. The van der Waals surface area contributed by atoms with Crippen LogP contribution in [0, 0.1) is 5.92 Å². The van der Waals surface area contributed by atoms with Crippen LogP contribution in [0.1, 0.15) is 129 Å². The van der Waals surface area contributed by atoms with Crippen molar-refractivity contribution < 1.29 is 22.7 Å². The van der Waals surface area contributed by atoms with E-state index in [2.05, 4.69) is 61.0 Å². The first-order chi connectivity index (χ1) is 23.4.